The maximum atomic E-state index is 5.93. The van der Waals surface area contributed by atoms with Gasteiger partial charge < -0.3 is 24.5 Å². The average Bonchev–Trinajstić information content (AvgIpc) is 3.33. The van der Waals surface area contributed by atoms with Crippen LogP contribution in [0.15, 0.2) is 47.7 Å². The van der Waals surface area contributed by atoms with Crippen LogP contribution in [0.5, 0.6) is 11.5 Å². The zero-order valence-electron chi connectivity index (χ0n) is 18.9. The summed E-state index contributed by atoms with van der Waals surface area (Å²) in [6, 6.07) is 10.2. The van der Waals surface area contributed by atoms with Crippen LogP contribution >= 0.6 is 24.0 Å². The molecule has 3 heterocycles. The van der Waals surface area contributed by atoms with Crippen LogP contribution in [-0.2, 0) is 19.4 Å². The number of fused-ring (bicyclic) bond motifs is 2. The molecule has 0 saturated heterocycles. The average molecular weight is 549 g/mol. The summed E-state index contributed by atoms with van der Waals surface area (Å²) in [4.78, 5) is 9.43. The van der Waals surface area contributed by atoms with Gasteiger partial charge in [0.05, 0.1) is 18.8 Å². The molecule has 8 heteroatoms. The van der Waals surface area contributed by atoms with Crippen molar-refractivity contribution in [3.63, 3.8) is 0 Å². The Hall–Kier alpha value is -2.49. The second-order valence-electron chi connectivity index (χ2n) is 7.70. The number of hydrogen-bond acceptors (Lipinski definition) is 4. The number of imidazole rings is 1. The van der Waals surface area contributed by atoms with Gasteiger partial charge >= 0.3 is 0 Å². The second kappa shape index (κ2) is 11.4. The summed E-state index contributed by atoms with van der Waals surface area (Å²) in [5, 5.41) is 6.73. The molecule has 0 saturated carbocycles. The summed E-state index contributed by atoms with van der Waals surface area (Å²) in [7, 11) is 0. The number of pyridine rings is 1. The normalized spacial score (nSPS) is 15.1. The Labute approximate surface area is 206 Å². The highest BCUT2D eigenvalue weighted by atomic mass is 127. The number of aromatic nitrogens is 2. The molecule has 0 amide bonds. The van der Waals surface area contributed by atoms with Gasteiger partial charge in [-0.1, -0.05) is 6.07 Å². The molecule has 0 radical (unpaired) electrons. The molecular weight excluding hydrogens is 517 g/mol. The maximum absolute atomic E-state index is 5.93. The lowest BCUT2D eigenvalue weighted by molar-refractivity contribution is 0.254. The number of rotatable bonds is 8. The van der Waals surface area contributed by atoms with Crippen LogP contribution in [0.1, 0.15) is 37.6 Å². The molecule has 0 aliphatic carbocycles. The SMILES string of the molecule is CCNC(=NCc1cc2c(cc1OCC)CC(C)O2)NCCc1cn2ccccc2n1.I. The Morgan fingerprint density at radius 3 is 2.94 bits per heavy atom. The first-order chi connectivity index (χ1) is 15.2. The molecule has 1 aliphatic rings. The predicted molar refractivity (Wildman–Crippen MR) is 139 cm³/mol. The number of guanidine groups is 1. The van der Waals surface area contributed by atoms with Gasteiger partial charge in [0.1, 0.15) is 23.3 Å². The van der Waals surface area contributed by atoms with E-state index < -0.39 is 0 Å². The monoisotopic (exact) mass is 549 g/mol. The van der Waals surface area contributed by atoms with Crippen molar-refractivity contribution < 1.29 is 9.47 Å². The van der Waals surface area contributed by atoms with Gasteiger partial charge in [-0.15, -0.1) is 24.0 Å². The molecule has 32 heavy (non-hydrogen) atoms. The summed E-state index contributed by atoms with van der Waals surface area (Å²) in [6.07, 6.45) is 6.04. The van der Waals surface area contributed by atoms with Crippen LogP contribution in [0.4, 0.5) is 0 Å². The number of nitrogens with one attached hydrogen (secondary N) is 2. The number of hydrogen-bond donors (Lipinski definition) is 2. The van der Waals surface area contributed by atoms with Gasteiger partial charge in [-0.2, -0.15) is 0 Å². The van der Waals surface area contributed by atoms with Crippen LogP contribution in [0.3, 0.4) is 0 Å². The first-order valence-corrected chi connectivity index (χ1v) is 11.1. The van der Waals surface area contributed by atoms with Crippen molar-refractivity contribution in [2.45, 2.75) is 46.3 Å². The molecule has 3 aromatic rings. The van der Waals surface area contributed by atoms with E-state index in [1.54, 1.807) is 0 Å². The van der Waals surface area contributed by atoms with Gasteiger partial charge in [0, 0.05) is 49.5 Å². The molecule has 0 spiro atoms. The maximum Gasteiger partial charge on any atom is 0.191 e. The van der Waals surface area contributed by atoms with Crippen molar-refractivity contribution >= 4 is 35.6 Å². The highest BCUT2D eigenvalue weighted by Crippen LogP contribution is 2.35. The Bertz CT molecular complexity index is 1030. The molecule has 4 rings (SSSR count). The first-order valence-electron chi connectivity index (χ1n) is 11.1. The number of aliphatic imine (C=N–C) groups is 1. The van der Waals surface area contributed by atoms with Crippen molar-refractivity contribution in [3.05, 3.63) is 59.5 Å². The van der Waals surface area contributed by atoms with E-state index in [1.807, 2.05) is 35.7 Å². The van der Waals surface area contributed by atoms with E-state index >= 15 is 0 Å². The fourth-order valence-electron chi connectivity index (χ4n) is 3.82. The summed E-state index contributed by atoms with van der Waals surface area (Å²) < 4.78 is 13.9. The fourth-order valence-corrected chi connectivity index (χ4v) is 3.82. The van der Waals surface area contributed by atoms with E-state index in [1.165, 1.54) is 5.56 Å². The van der Waals surface area contributed by atoms with Gasteiger partial charge in [-0.3, -0.25) is 0 Å². The topological polar surface area (TPSA) is 72.2 Å². The zero-order chi connectivity index (χ0) is 21.6. The van der Waals surface area contributed by atoms with Gasteiger partial charge in [0.25, 0.3) is 0 Å². The van der Waals surface area contributed by atoms with E-state index in [-0.39, 0.29) is 30.1 Å². The number of benzene rings is 1. The van der Waals surface area contributed by atoms with Gasteiger partial charge in [0.15, 0.2) is 5.96 Å². The van der Waals surface area contributed by atoms with E-state index in [4.69, 9.17) is 14.5 Å². The third-order valence-corrected chi connectivity index (χ3v) is 5.22. The number of nitrogens with zero attached hydrogens (tertiary/aromatic N) is 3. The lowest BCUT2D eigenvalue weighted by Crippen LogP contribution is -2.38. The molecule has 0 bridgehead atoms. The smallest absolute Gasteiger partial charge is 0.191 e. The summed E-state index contributed by atoms with van der Waals surface area (Å²) in [5.74, 6) is 2.62. The number of ether oxygens (including phenoxy) is 2. The molecule has 1 aliphatic heterocycles. The van der Waals surface area contributed by atoms with Crippen LogP contribution in [0.2, 0.25) is 0 Å². The Morgan fingerprint density at radius 1 is 1.28 bits per heavy atom. The molecule has 1 unspecified atom stereocenters. The largest absolute Gasteiger partial charge is 0.494 e. The Balaban J connectivity index is 0.00000289. The van der Waals surface area contributed by atoms with Crippen molar-refractivity contribution in [2.24, 2.45) is 4.99 Å². The highest BCUT2D eigenvalue weighted by molar-refractivity contribution is 14.0. The van der Waals surface area contributed by atoms with Crippen molar-refractivity contribution in [1.29, 1.82) is 0 Å². The minimum atomic E-state index is 0. The van der Waals surface area contributed by atoms with Crippen LogP contribution in [0.25, 0.3) is 5.65 Å². The van der Waals surface area contributed by atoms with Crippen molar-refractivity contribution in [2.75, 3.05) is 19.7 Å². The van der Waals surface area contributed by atoms with Gasteiger partial charge in [-0.25, -0.2) is 9.98 Å². The summed E-state index contributed by atoms with van der Waals surface area (Å²) in [6.45, 7) is 8.85. The molecule has 2 aromatic heterocycles. The molecular formula is C24H32IN5O2. The standard InChI is InChI=1S/C24H31N5O2.HI/c1-4-25-24(26-10-9-20-16-29-11-7-6-8-23(29)28-20)27-15-19-14-22-18(12-17(3)31-22)13-21(19)30-5-2;/h6-8,11,13-14,16-17H,4-5,9-10,12,15H2,1-3H3,(H2,25,26,27);1H. The molecule has 0 fully saturated rings. The molecule has 2 N–H and O–H groups in total. The van der Waals surface area contributed by atoms with Crippen LogP contribution in [-0.4, -0.2) is 41.1 Å². The second-order valence-corrected chi connectivity index (χ2v) is 7.70. The molecule has 7 nitrogen and oxygen atoms in total. The summed E-state index contributed by atoms with van der Waals surface area (Å²) >= 11 is 0. The third kappa shape index (κ3) is 5.85. The van der Waals surface area contributed by atoms with E-state index in [9.17, 15) is 0 Å². The molecule has 1 atom stereocenters. The molecule has 1 aromatic carbocycles. The zero-order valence-corrected chi connectivity index (χ0v) is 21.3. The third-order valence-electron chi connectivity index (χ3n) is 5.22. The van der Waals surface area contributed by atoms with Gasteiger partial charge in [0.2, 0.25) is 0 Å². The molecule has 172 valence electrons. The Morgan fingerprint density at radius 2 is 2.16 bits per heavy atom. The summed E-state index contributed by atoms with van der Waals surface area (Å²) in [5.41, 5.74) is 4.26. The first kappa shape index (κ1) is 24.2. The van der Waals surface area contributed by atoms with E-state index in [0.717, 1.165) is 60.3 Å². The van der Waals surface area contributed by atoms with Crippen molar-refractivity contribution in [3.8, 4) is 11.5 Å². The van der Waals surface area contributed by atoms with Crippen LogP contribution < -0.4 is 20.1 Å². The van der Waals surface area contributed by atoms with E-state index in [0.29, 0.717) is 13.2 Å². The minimum absolute atomic E-state index is 0. The Kier molecular flexibility index (Phi) is 8.60. The number of halogens is 1. The van der Waals surface area contributed by atoms with Crippen LogP contribution in [0, 0.1) is 0 Å². The fraction of sp³-hybridized carbons (Fsp3) is 0.417. The quantitative estimate of drug-likeness (QED) is 0.253. The van der Waals surface area contributed by atoms with E-state index in [2.05, 4.69) is 47.8 Å². The van der Waals surface area contributed by atoms with Gasteiger partial charge in [-0.05, 0) is 45.0 Å². The lowest BCUT2D eigenvalue weighted by atomic mass is 10.1. The lowest BCUT2D eigenvalue weighted by Gasteiger charge is -2.13. The minimum Gasteiger partial charge on any atom is -0.494 e. The highest BCUT2D eigenvalue weighted by Gasteiger charge is 2.21. The predicted octanol–water partition coefficient (Wildman–Crippen LogP) is 3.97. The van der Waals surface area contributed by atoms with Crippen molar-refractivity contribution in [1.82, 2.24) is 20.0 Å².